The average molecular weight is 669 g/mol. The fourth-order valence-electron chi connectivity index (χ4n) is 10.5. The molecule has 6 aromatic rings. The van der Waals surface area contributed by atoms with Gasteiger partial charge in [-0.25, -0.2) is 0 Å². The Kier molecular flexibility index (Phi) is 6.43. The van der Waals surface area contributed by atoms with E-state index in [0.717, 1.165) is 23.1 Å². The Morgan fingerprint density at radius 1 is 0.615 bits per heavy atom. The summed E-state index contributed by atoms with van der Waals surface area (Å²) in [5.74, 6) is 2.24. The van der Waals surface area contributed by atoms with Crippen molar-refractivity contribution < 1.29 is 4.42 Å². The lowest BCUT2D eigenvalue weighted by Crippen LogP contribution is -2.38. The Hall–Kier alpha value is -5.99. The predicted octanol–water partition coefficient (Wildman–Crippen LogP) is 11.8. The molecule has 1 saturated carbocycles. The van der Waals surface area contributed by atoms with Crippen molar-refractivity contribution in [3.05, 3.63) is 209 Å². The zero-order valence-electron chi connectivity index (χ0n) is 28.7. The highest BCUT2D eigenvalue weighted by molar-refractivity contribution is 5.92. The maximum atomic E-state index is 13.4. The maximum absolute atomic E-state index is 13.4. The molecule has 0 saturated heterocycles. The van der Waals surface area contributed by atoms with Crippen LogP contribution in [0.1, 0.15) is 29.0 Å². The van der Waals surface area contributed by atoms with Crippen LogP contribution in [0.15, 0.2) is 191 Å². The molecule has 5 aliphatic carbocycles. The zero-order valence-corrected chi connectivity index (χ0v) is 28.7. The monoisotopic (exact) mass is 668 g/mol. The number of rotatable bonds is 3. The van der Waals surface area contributed by atoms with Crippen molar-refractivity contribution in [2.75, 3.05) is 0 Å². The Morgan fingerprint density at radius 3 is 2.23 bits per heavy atom. The number of fused-ring (bicyclic) bond motifs is 12. The third-order valence-electron chi connectivity index (χ3n) is 12.7. The van der Waals surface area contributed by atoms with Gasteiger partial charge in [-0.15, -0.1) is 0 Å². The number of benzene rings is 5. The summed E-state index contributed by atoms with van der Waals surface area (Å²) in [5, 5.41) is 1.21. The van der Waals surface area contributed by atoms with Gasteiger partial charge in [-0.2, -0.15) is 0 Å². The number of hydrogen-bond acceptors (Lipinski definition) is 2. The first-order valence-corrected chi connectivity index (χ1v) is 18.6. The molecular formula is C50H36O2. The van der Waals surface area contributed by atoms with Crippen molar-refractivity contribution in [1.82, 2.24) is 0 Å². The highest BCUT2D eigenvalue weighted by atomic mass is 16.3. The molecule has 0 radical (unpaired) electrons. The summed E-state index contributed by atoms with van der Waals surface area (Å²) in [6.07, 6.45) is 25.3. The van der Waals surface area contributed by atoms with Gasteiger partial charge < -0.3 is 4.42 Å². The fourth-order valence-corrected chi connectivity index (χ4v) is 10.5. The summed E-state index contributed by atoms with van der Waals surface area (Å²) >= 11 is 0. The molecule has 6 atom stereocenters. The predicted molar refractivity (Wildman–Crippen MR) is 213 cm³/mol. The van der Waals surface area contributed by atoms with Crippen molar-refractivity contribution in [2.45, 2.75) is 17.8 Å². The summed E-state index contributed by atoms with van der Waals surface area (Å²) in [7, 11) is 0. The van der Waals surface area contributed by atoms with Crippen LogP contribution in [0.2, 0.25) is 0 Å². The average Bonchev–Trinajstić information content (AvgIpc) is 3.68. The molecule has 248 valence electrons. The largest absolute Gasteiger partial charge is 0.456 e. The Bertz CT molecular complexity index is 2730. The normalized spacial score (nSPS) is 26.3. The van der Waals surface area contributed by atoms with E-state index in [-0.39, 0.29) is 10.8 Å². The van der Waals surface area contributed by atoms with Crippen LogP contribution in [-0.2, 0) is 5.41 Å². The molecule has 0 aliphatic heterocycles. The molecule has 1 aromatic heterocycles. The SMILES string of the molecule is O=c1c2ccccc2oc2ccc(-c3cccc(-c4cccc(C5=CC6c7ccccc7C7(C8=CC=CCC8C8C=CC=CC87)C6C=C5)c4)c3)cc12. The van der Waals surface area contributed by atoms with E-state index in [4.69, 9.17) is 4.42 Å². The van der Waals surface area contributed by atoms with Crippen LogP contribution in [0.25, 0.3) is 49.8 Å². The van der Waals surface area contributed by atoms with Crippen LogP contribution in [0.5, 0.6) is 0 Å². The van der Waals surface area contributed by atoms with E-state index in [9.17, 15) is 4.79 Å². The second kappa shape index (κ2) is 11.3. The molecule has 1 fully saturated rings. The molecule has 2 nitrogen and oxygen atoms in total. The summed E-state index contributed by atoms with van der Waals surface area (Å²) in [6, 6.07) is 40.3. The lowest BCUT2D eigenvalue weighted by Gasteiger charge is -2.41. The smallest absolute Gasteiger partial charge is 0.200 e. The van der Waals surface area contributed by atoms with Gasteiger partial charge in [-0.1, -0.05) is 145 Å². The van der Waals surface area contributed by atoms with Crippen LogP contribution in [0, 0.1) is 23.7 Å². The summed E-state index contributed by atoms with van der Waals surface area (Å²) in [6.45, 7) is 0. The van der Waals surface area contributed by atoms with Gasteiger partial charge in [0, 0.05) is 17.3 Å². The van der Waals surface area contributed by atoms with Gasteiger partial charge in [0.2, 0.25) is 5.43 Å². The molecule has 2 heteroatoms. The Labute approximate surface area is 303 Å². The fraction of sp³-hybridized carbons (Fsp3) is 0.140. The lowest BCUT2D eigenvalue weighted by molar-refractivity contribution is 0.299. The Balaban J connectivity index is 0.963. The number of hydrogen-bond donors (Lipinski definition) is 0. The molecule has 0 N–H and O–H groups in total. The van der Waals surface area contributed by atoms with Gasteiger partial charge in [0.25, 0.3) is 0 Å². The van der Waals surface area contributed by atoms with E-state index in [0.29, 0.717) is 51.5 Å². The first-order chi connectivity index (χ1) is 25.7. The minimum atomic E-state index is -0.0275. The lowest BCUT2D eigenvalue weighted by atomic mass is 9.61. The third kappa shape index (κ3) is 4.15. The van der Waals surface area contributed by atoms with Crippen LogP contribution in [0.4, 0.5) is 0 Å². The van der Waals surface area contributed by atoms with Gasteiger partial charge in [-0.3, -0.25) is 4.79 Å². The quantitative estimate of drug-likeness (QED) is 0.176. The van der Waals surface area contributed by atoms with Gasteiger partial charge >= 0.3 is 0 Å². The van der Waals surface area contributed by atoms with Crippen LogP contribution in [0.3, 0.4) is 0 Å². The molecule has 1 heterocycles. The number of para-hydroxylation sites is 1. The minimum absolute atomic E-state index is 0.00123. The van der Waals surface area contributed by atoms with Gasteiger partial charge in [-0.05, 0) is 105 Å². The van der Waals surface area contributed by atoms with Crippen molar-refractivity contribution in [1.29, 1.82) is 0 Å². The van der Waals surface area contributed by atoms with Crippen molar-refractivity contribution in [3.8, 4) is 22.3 Å². The minimum Gasteiger partial charge on any atom is -0.456 e. The van der Waals surface area contributed by atoms with Crippen LogP contribution >= 0.6 is 0 Å². The van der Waals surface area contributed by atoms with Gasteiger partial charge in [0.05, 0.1) is 10.8 Å². The van der Waals surface area contributed by atoms with E-state index in [1.54, 1.807) is 5.57 Å². The highest BCUT2D eigenvalue weighted by Crippen LogP contribution is 2.69. The second-order valence-electron chi connectivity index (χ2n) is 15.1. The van der Waals surface area contributed by atoms with E-state index in [1.165, 1.54) is 27.8 Å². The number of allylic oxidation sites excluding steroid dienone is 12. The summed E-state index contributed by atoms with van der Waals surface area (Å²) in [4.78, 5) is 13.4. The summed E-state index contributed by atoms with van der Waals surface area (Å²) < 4.78 is 6.08. The van der Waals surface area contributed by atoms with Crippen molar-refractivity contribution in [2.24, 2.45) is 23.7 Å². The molecule has 6 unspecified atom stereocenters. The van der Waals surface area contributed by atoms with Crippen LogP contribution in [-0.4, -0.2) is 0 Å². The van der Waals surface area contributed by atoms with Gasteiger partial charge in [0.15, 0.2) is 0 Å². The van der Waals surface area contributed by atoms with Crippen molar-refractivity contribution in [3.63, 3.8) is 0 Å². The molecule has 1 spiro atoms. The molecule has 11 rings (SSSR count). The second-order valence-corrected chi connectivity index (χ2v) is 15.1. The molecular weight excluding hydrogens is 633 g/mol. The first kappa shape index (κ1) is 29.7. The first-order valence-electron chi connectivity index (χ1n) is 18.6. The Morgan fingerprint density at radius 2 is 1.35 bits per heavy atom. The molecule has 0 bridgehead atoms. The maximum Gasteiger partial charge on any atom is 0.200 e. The molecule has 5 aliphatic rings. The van der Waals surface area contributed by atoms with Crippen molar-refractivity contribution >= 4 is 27.5 Å². The molecule has 5 aromatic carbocycles. The van der Waals surface area contributed by atoms with E-state index >= 15 is 0 Å². The molecule has 0 amide bonds. The molecule has 52 heavy (non-hydrogen) atoms. The van der Waals surface area contributed by atoms with E-state index < -0.39 is 0 Å². The van der Waals surface area contributed by atoms with Crippen LogP contribution < -0.4 is 5.43 Å². The van der Waals surface area contributed by atoms with E-state index in [1.807, 2.05) is 42.5 Å². The zero-order chi connectivity index (χ0) is 34.4. The van der Waals surface area contributed by atoms with Gasteiger partial charge in [0.1, 0.15) is 11.2 Å². The summed E-state index contributed by atoms with van der Waals surface area (Å²) in [5.41, 5.74) is 12.7. The standard InChI is InChI=1S/C50H36O2/c51-49-40-18-4-8-22-47(40)52-48-26-24-36(30-42(48)49)34-14-10-12-32(28-34)31-11-9-13-33(27-31)35-23-25-46-41(29-35)39-17-3-7-21-45(39)50(46)43-19-5-1-15-37(43)38-16-2-6-20-44(38)50/h1-15,17-30,37-38,41,43,46H,16H2. The third-order valence-corrected chi connectivity index (χ3v) is 12.7. The topological polar surface area (TPSA) is 30.2 Å². The highest BCUT2D eigenvalue weighted by Gasteiger charge is 2.64. The van der Waals surface area contributed by atoms with E-state index in [2.05, 4.69) is 134 Å².